The molecule has 0 rings (SSSR count). The Hall–Kier alpha value is 0.440. The van der Waals surface area contributed by atoms with Crippen molar-refractivity contribution < 1.29 is 0 Å². The van der Waals surface area contributed by atoms with Crippen LogP contribution in [0.4, 0.5) is 0 Å². The van der Waals surface area contributed by atoms with Crippen LogP contribution in [0.3, 0.4) is 0 Å². The van der Waals surface area contributed by atoms with E-state index >= 15 is 0 Å². The summed E-state index contributed by atoms with van der Waals surface area (Å²) in [6.07, 6.45) is 5.28. The van der Waals surface area contributed by atoms with E-state index in [0.29, 0.717) is 0 Å². The van der Waals surface area contributed by atoms with Crippen molar-refractivity contribution in [2.45, 2.75) is 6.42 Å². The minimum absolute atomic E-state index is 1.15. The summed E-state index contributed by atoms with van der Waals surface area (Å²) in [6.45, 7) is 3.66. The highest BCUT2D eigenvalue weighted by Gasteiger charge is 1.84. The van der Waals surface area contributed by atoms with Crippen LogP contribution in [0.5, 0.6) is 0 Å². The lowest BCUT2D eigenvalue weighted by molar-refractivity contribution is 1.25. The molecule has 0 unspecified atom stereocenters. The van der Waals surface area contributed by atoms with Gasteiger partial charge in [0.15, 0.2) is 0 Å². The second-order valence-electron chi connectivity index (χ2n) is 1.68. The summed E-state index contributed by atoms with van der Waals surface area (Å²) >= 11 is 3.92. The van der Waals surface area contributed by atoms with Crippen molar-refractivity contribution in [3.05, 3.63) is 12.7 Å². The smallest absolute Gasteiger partial charge is 0.00235 e. The maximum Gasteiger partial charge on any atom is 0.00235 e. The Morgan fingerprint density at radius 1 is 1.33 bits per heavy atom. The van der Waals surface area contributed by atoms with Crippen LogP contribution in [0.15, 0.2) is 12.7 Å². The maximum atomic E-state index is 3.66. The van der Waals surface area contributed by atoms with Crippen molar-refractivity contribution in [3.63, 3.8) is 0 Å². The minimum atomic E-state index is 1.15. The molecule has 0 radical (unpaired) electrons. The van der Waals surface area contributed by atoms with Gasteiger partial charge in [0.05, 0.1) is 0 Å². The van der Waals surface area contributed by atoms with Crippen LogP contribution < -0.4 is 0 Å². The Morgan fingerprint density at radius 3 is 2.67 bits per heavy atom. The molecule has 2 heteroatoms. The van der Waals surface area contributed by atoms with Crippen LogP contribution in [-0.2, 0) is 0 Å². The van der Waals surface area contributed by atoms with Gasteiger partial charge < -0.3 is 0 Å². The summed E-state index contributed by atoms with van der Waals surface area (Å²) in [4.78, 5) is 0. The van der Waals surface area contributed by atoms with Crippen LogP contribution in [0.1, 0.15) is 6.42 Å². The number of thioether (sulfide) groups is 2. The van der Waals surface area contributed by atoms with E-state index in [2.05, 4.69) is 12.8 Å². The van der Waals surface area contributed by atoms with Crippen LogP contribution >= 0.6 is 23.5 Å². The van der Waals surface area contributed by atoms with E-state index in [1.54, 1.807) is 0 Å². The number of allylic oxidation sites excluding steroid dienone is 1. The highest BCUT2D eigenvalue weighted by molar-refractivity contribution is 8.02. The Labute approximate surface area is 66.5 Å². The van der Waals surface area contributed by atoms with Crippen molar-refractivity contribution >= 4 is 23.5 Å². The maximum absolute atomic E-state index is 3.66. The Kier molecular flexibility index (Phi) is 8.85. The fourth-order valence-corrected chi connectivity index (χ4v) is 2.09. The van der Waals surface area contributed by atoms with Gasteiger partial charge in [0, 0.05) is 11.5 Å². The Balaban J connectivity index is 2.66. The minimum Gasteiger partial charge on any atom is -0.165 e. The first-order chi connectivity index (χ1) is 4.41. The molecule has 0 aromatic rings. The number of hydrogen-bond donors (Lipinski definition) is 0. The normalized spacial score (nSPS) is 9.44. The molecular weight excluding hydrogens is 148 g/mol. The molecule has 0 saturated heterocycles. The molecule has 0 atom stereocenters. The Bertz CT molecular complexity index is 61.9. The third kappa shape index (κ3) is 8.44. The predicted molar refractivity (Wildman–Crippen MR) is 50.5 cm³/mol. The first-order valence-corrected chi connectivity index (χ1v) is 5.64. The zero-order chi connectivity index (χ0) is 6.95. The van der Waals surface area contributed by atoms with E-state index in [0.717, 1.165) is 6.42 Å². The quantitative estimate of drug-likeness (QED) is 0.435. The highest BCUT2D eigenvalue weighted by Crippen LogP contribution is 2.05. The molecule has 54 valence electrons. The summed E-state index contributed by atoms with van der Waals surface area (Å²) in [7, 11) is 0. The van der Waals surface area contributed by atoms with E-state index in [1.165, 1.54) is 17.3 Å². The molecule has 0 heterocycles. The summed E-state index contributed by atoms with van der Waals surface area (Å²) < 4.78 is 0. The van der Waals surface area contributed by atoms with Gasteiger partial charge in [-0.2, -0.15) is 23.5 Å². The van der Waals surface area contributed by atoms with Gasteiger partial charge in [-0.3, -0.25) is 0 Å². The fourth-order valence-electron chi connectivity index (χ4n) is 0.411. The molecule has 0 N–H and O–H groups in total. The molecule has 0 aromatic heterocycles. The van der Waals surface area contributed by atoms with Crippen molar-refractivity contribution in [3.8, 4) is 0 Å². The predicted octanol–water partition coefficient (Wildman–Crippen LogP) is 2.66. The molecular formula is C7H14S2. The second-order valence-corrected chi connectivity index (χ2v) is 3.89. The Morgan fingerprint density at radius 2 is 2.11 bits per heavy atom. The zero-order valence-electron chi connectivity index (χ0n) is 5.93. The van der Waals surface area contributed by atoms with Gasteiger partial charge >= 0.3 is 0 Å². The first-order valence-electron chi connectivity index (χ1n) is 3.09. The van der Waals surface area contributed by atoms with E-state index in [1.807, 2.05) is 29.6 Å². The highest BCUT2D eigenvalue weighted by atomic mass is 32.2. The fraction of sp³-hybridized carbons (Fsp3) is 0.714. The molecule has 9 heavy (non-hydrogen) atoms. The standard InChI is InChI=1S/C7H14S2/c1-3-4-5-9-7-6-8-2/h3H,1,4-7H2,2H3. The first kappa shape index (κ1) is 9.44. The third-order valence-corrected chi connectivity index (χ3v) is 2.79. The monoisotopic (exact) mass is 162 g/mol. The van der Waals surface area contributed by atoms with E-state index in [-0.39, 0.29) is 0 Å². The van der Waals surface area contributed by atoms with E-state index in [9.17, 15) is 0 Å². The molecule has 0 amide bonds. The molecule has 0 nitrogen and oxygen atoms in total. The largest absolute Gasteiger partial charge is 0.165 e. The molecule has 0 fully saturated rings. The van der Waals surface area contributed by atoms with Crippen molar-refractivity contribution in [2.75, 3.05) is 23.5 Å². The van der Waals surface area contributed by atoms with Crippen LogP contribution in [0.25, 0.3) is 0 Å². The van der Waals surface area contributed by atoms with Crippen LogP contribution in [0.2, 0.25) is 0 Å². The number of hydrogen-bond acceptors (Lipinski definition) is 2. The lowest BCUT2D eigenvalue weighted by atomic mass is 10.5. The van der Waals surface area contributed by atoms with E-state index < -0.39 is 0 Å². The third-order valence-electron chi connectivity index (χ3n) is 0.898. The van der Waals surface area contributed by atoms with Crippen molar-refractivity contribution in [1.82, 2.24) is 0 Å². The molecule has 0 aliphatic carbocycles. The molecule has 0 aromatic carbocycles. The lowest BCUT2D eigenvalue weighted by Gasteiger charge is -1.94. The summed E-state index contributed by atoms with van der Waals surface area (Å²) in [5.74, 6) is 3.81. The van der Waals surface area contributed by atoms with Gasteiger partial charge in [-0.1, -0.05) is 6.08 Å². The molecule has 0 aliphatic rings. The van der Waals surface area contributed by atoms with Gasteiger partial charge in [-0.15, -0.1) is 6.58 Å². The topological polar surface area (TPSA) is 0 Å². The van der Waals surface area contributed by atoms with Crippen LogP contribution in [-0.4, -0.2) is 23.5 Å². The molecule has 0 saturated carbocycles. The summed E-state index contributed by atoms with van der Waals surface area (Å²) in [5.41, 5.74) is 0. The molecule has 0 bridgehead atoms. The lowest BCUT2D eigenvalue weighted by Crippen LogP contribution is -1.83. The van der Waals surface area contributed by atoms with Gasteiger partial charge in [0.1, 0.15) is 0 Å². The summed E-state index contributed by atoms with van der Waals surface area (Å²) in [6, 6.07) is 0. The van der Waals surface area contributed by atoms with Crippen molar-refractivity contribution in [1.29, 1.82) is 0 Å². The summed E-state index contributed by atoms with van der Waals surface area (Å²) in [5, 5.41) is 0. The average molecular weight is 162 g/mol. The second kappa shape index (κ2) is 8.44. The van der Waals surface area contributed by atoms with Gasteiger partial charge in [0.2, 0.25) is 0 Å². The zero-order valence-corrected chi connectivity index (χ0v) is 7.56. The van der Waals surface area contributed by atoms with Gasteiger partial charge in [0.25, 0.3) is 0 Å². The number of rotatable bonds is 6. The SMILES string of the molecule is C=CCCSCCSC. The molecule has 0 aliphatic heterocycles. The van der Waals surface area contributed by atoms with Crippen LogP contribution in [0, 0.1) is 0 Å². The van der Waals surface area contributed by atoms with Crippen molar-refractivity contribution in [2.24, 2.45) is 0 Å². The average Bonchev–Trinajstić information content (AvgIpc) is 1.89. The van der Waals surface area contributed by atoms with Gasteiger partial charge in [-0.25, -0.2) is 0 Å². The molecule has 0 spiro atoms. The van der Waals surface area contributed by atoms with E-state index in [4.69, 9.17) is 0 Å². The van der Waals surface area contributed by atoms with Gasteiger partial charge in [-0.05, 0) is 18.4 Å².